The van der Waals surface area contributed by atoms with E-state index in [0.29, 0.717) is 31.0 Å². The Bertz CT molecular complexity index is 648. The molecule has 0 bridgehead atoms. The van der Waals surface area contributed by atoms with Crippen LogP contribution in [0, 0.1) is 23.0 Å². The summed E-state index contributed by atoms with van der Waals surface area (Å²) in [6, 6.07) is 3.49. The zero-order chi connectivity index (χ0) is 18.1. The normalized spacial score (nSPS) is 26.2. The summed E-state index contributed by atoms with van der Waals surface area (Å²) in [5.41, 5.74) is 0.553. The molecule has 142 valence electrons. The van der Waals surface area contributed by atoms with Crippen LogP contribution in [0.15, 0.2) is 18.2 Å². The van der Waals surface area contributed by atoms with Crippen LogP contribution in [0.1, 0.15) is 31.2 Å². The lowest BCUT2D eigenvalue weighted by Gasteiger charge is -2.39. The Balaban J connectivity index is 1.34. The first-order chi connectivity index (χ1) is 12.5. The summed E-state index contributed by atoms with van der Waals surface area (Å²) >= 11 is 0. The number of likely N-dealkylation sites (tertiary alicyclic amines) is 2. The minimum Gasteiger partial charge on any atom is -0.381 e. The lowest BCUT2D eigenvalue weighted by Crippen LogP contribution is -2.43. The fourth-order valence-electron chi connectivity index (χ4n) is 4.69. The summed E-state index contributed by atoms with van der Waals surface area (Å²) < 4.78 is 32.3. The minimum atomic E-state index is -0.592. The van der Waals surface area contributed by atoms with E-state index in [1.54, 1.807) is 4.90 Å². The summed E-state index contributed by atoms with van der Waals surface area (Å²) in [5, 5.41) is 0. The number of carbonyl (C=O) groups is 1. The highest BCUT2D eigenvalue weighted by atomic mass is 19.1. The van der Waals surface area contributed by atoms with Crippen molar-refractivity contribution in [2.75, 3.05) is 39.4 Å². The van der Waals surface area contributed by atoms with Gasteiger partial charge < -0.3 is 14.5 Å². The fourth-order valence-corrected chi connectivity index (χ4v) is 4.69. The van der Waals surface area contributed by atoms with Gasteiger partial charge in [-0.1, -0.05) is 0 Å². The van der Waals surface area contributed by atoms with Crippen molar-refractivity contribution in [3.05, 3.63) is 35.4 Å². The molecular weight excluding hydrogens is 338 g/mol. The summed E-state index contributed by atoms with van der Waals surface area (Å²) in [4.78, 5) is 16.8. The number of piperidine rings is 1. The number of nitrogens with zero attached hydrogens (tertiary/aromatic N) is 2. The van der Waals surface area contributed by atoms with Crippen LogP contribution in [-0.4, -0.2) is 55.1 Å². The van der Waals surface area contributed by atoms with E-state index in [1.165, 1.54) is 12.1 Å². The minimum absolute atomic E-state index is 0.0334. The third-order valence-electron chi connectivity index (χ3n) is 6.16. The average molecular weight is 364 g/mol. The molecule has 0 radical (unpaired) electrons. The highest BCUT2D eigenvalue weighted by Crippen LogP contribution is 2.41. The van der Waals surface area contributed by atoms with E-state index in [4.69, 9.17) is 4.74 Å². The molecule has 3 fully saturated rings. The van der Waals surface area contributed by atoms with Crippen LogP contribution in [0.2, 0.25) is 0 Å². The SMILES string of the molecule is O=C1CC2(CCN(CC3CCOC3)CC2)CN1Cc1cc(F)cc(F)c1. The van der Waals surface area contributed by atoms with Gasteiger partial charge in [-0.05, 0) is 61.4 Å². The zero-order valence-corrected chi connectivity index (χ0v) is 15.1. The maximum atomic E-state index is 13.4. The van der Waals surface area contributed by atoms with E-state index >= 15 is 0 Å². The van der Waals surface area contributed by atoms with Crippen molar-refractivity contribution in [1.29, 1.82) is 0 Å². The van der Waals surface area contributed by atoms with Crippen molar-refractivity contribution in [3.63, 3.8) is 0 Å². The number of ether oxygens (including phenoxy) is 1. The van der Waals surface area contributed by atoms with Crippen molar-refractivity contribution in [2.45, 2.75) is 32.2 Å². The van der Waals surface area contributed by atoms with Gasteiger partial charge in [0, 0.05) is 38.7 Å². The largest absolute Gasteiger partial charge is 0.381 e. The molecule has 1 spiro atoms. The lowest BCUT2D eigenvalue weighted by atomic mass is 9.77. The topological polar surface area (TPSA) is 32.8 Å². The summed E-state index contributed by atoms with van der Waals surface area (Å²) in [5.74, 6) is -0.433. The third-order valence-corrected chi connectivity index (χ3v) is 6.16. The van der Waals surface area contributed by atoms with E-state index in [9.17, 15) is 13.6 Å². The van der Waals surface area contributed by atoms with Gasteiger partial charge in [-0.15, -0.1) is 0 Å². The predicted molar refractivity (Wildman–Crippen MR) is 93.4 cm³/mol. The highest BCUT2D eigenvalue weighted by molar-refractivity contribution is 5.79. The first kappa shape index (κ1) is 17.9. The molecule has 1 amide bonds. The van der Waals surface area contributed by atoms with Crippen molar-refractivity contribution < 1.29 is 18.3 Å². The Morgan fingerprint density at radius 2 is 1.88 bits per heavy atom. The van der Waals surface area contributed by atoms with Gasteiger partial charge in [-0.25, -0.2) is 8.78 Å². The molecule has 0 aliphatic carbocycles. The Hall–Kier alpha value is -1.53. The van der Waals surface area contributed by atoms with Crippen LogP contribution >= 0.6 is 0 Å². The second kappa shape index (κ2) is 7.24. The van der Waals surface area contributed by atoms with Gasteiger partial charge in [0.25, 0.3) is 0 Å². The Morgan fingerprint density at radius 1 is 1.15 bits per heavy atom. The molecule has 4 rings (SSSR count). The number of rotatable bonds is 4. The molecule has 0 aromatic heterocycles. The summed E-state index contributed by atoms with van der Waals surface area (Å²) in [7, 11) is 0. The molecule has 26 heavy (non-hydrogen) atoms. The molecule has 1 atom stereocenters. The maximum absolute atomic E-state index is 13.4. The smallest absolute Gasteiger partial charge is 0.223 e. The average Bonchev–Trinajstić information content (AvgIpc) is 3.18. The van der Waals surface area contributed by atoms with Gasteiger partial charge in [-0.2, -0.15) is 0 Å². The van der Waals surface area contributed by atoms with Gasteiger partial charge in [0.1, 0.15) is 11.6 Å². The first-order valence-corrected chi connectivity index (χ1v) is 9.54. The molecule has 3 aliphatic heterocycles. The standard InChI is InChI=1S/C20H26F2N2O2/c21-17-7-16(8-18(22)9-17)12-24-14-20(10-19(24)25)2-4-23(5-3-20)11-15-1-6-26-13-15/h7-9,15H,1-6,10-14H2. The van der Waals surface area contributed by atoms with Crippen molar-refractivity contribution in [2.24, 2.45) is 11.3 Å². The van der Waals surface area contributed by atoms with Gasteiger partial charge in [0.2, 0.25) is 5.91 Å². The number of benzene rings is 1. The highest BCUT2D eigenvalue weighted by Gasteiger charge is 2.44. The molecule has 6 heteroatoms. The second-order valence-corrected chi connectivity index (χ2v) is 8.23. The van der Waals surface area contributed by atoms with E-state index < -0.39 is 11.6 Å². The Labute approximate surface area is 153 Å². The van der Waals surface area contributed by atoms with E-state index in [0.717, 1.165) is 58.2 Å². The fraction of sp³-hybridized carbons (Fsp3) is 0.650. The van der Waals surface area contributed by atoms with Gasteiger partial charge in [0.15, 0.2) is 0 Å². The first-order valence-electron chi connectivity index (χ1n) is 9.54. The van der Waals surface area contributed by atoms with Crippen molar-refractivity contribution >= 4 is 5.91 Å². The molecule has 3 aliphatic rings. The molecule has 1 unspecified atom stereocenters. The second-order valence-electron chi connectivity index (χ2n) is 8.23. The maximum Gasteiger partial charge on any atom is 0.223 e. The molecule has 0 saturated carbocycles. The molecule has 3 heterocycles. The molecular formula is C20H26F2N2O2. The summed E-state index contributed by atoms with van der Waals surface area (Å²) in [6.07, 6.45) is 3.74. The molecule has 0 N–H and O–H groups in total. The monoisotopic (exact) mass is 364 g/mol. The van der Waals surface area contributed by atoms with Crippen LogP contribution in [-0.2, 0) is 16.1 Å². The number of hydrogen-bond donors (Lipinski definition) is 0. The lowest BCUT2D eigenvalue weighted by molar-refractivity contribution is -0.128. The van der Waals surface area contributed by atoms with Crippen LogP contribution in [0.3, 0.4) is 0 Å². The molecule has 3 saturated heterocycles. The zero-order valence-electron chi connectivity index (χ0n) is 15.1. The van der Waals surface area contributed by atoms with Crippen molar-refractivity contribution in [3.8, 4) is 0 Å². The van der Waals surface area contributed by atoms with Crippen LogP contribution in [0.25, 0.3) is 0 Å². The third kappa shape index (κ3) is 3.91. The number of halogens is 2. The van der Waals surface area contributed by atoms with E-state index in [-0.39, 0.29) is 11.3 Å². The van der Waals surface area contributed by atoms with Crippen LogP contribution in [0.5, 0.6) is 0 Å². The summed E-state index contributed by atoms with van der Waals surface area (Å²) in [6.45, 7) is 5.88. The van der Waals surface area contributed by atoms with E-state index in [1.807, 2.05) is 0 Å². The number of amides is 1. The quantitative estimate of drug-likeness (QED) is 0.824. The predicted octanol–water partition coefficient (Wildman–Crippen LogP) is 2.82. The van der Waals surface area contributed by atoms with Crippen LogP contribution < -0.4 is 0 Å². The van der Waals surface area contributed by atoms with Gasteiger partial charge in [0.05, 0.1) is 6.61 Å². The molecule has 1 aromatic rings. The van der Waals surface area contributed by atoms with Gasteiger partial charge in [-0.3, -0.25) is 4.79 Å². The molecule has 4 nitrogen and oxygen atoms in total. The number of carbonyl (C=O) groups excluding carboxylic acids is 1. The van der Waals surface area contributed by atoms with Crippen molar-refractivity contribution in [1.82, 2.24) is 9.80 Å². The van der Waals surface area contributed by atoms with Crippen LogP contribution in [0.4, 0.5) is 8.78 Å². The Morgan fingerprint density at radius 3 is 2.54 bits per heavy atom. The number of hydrogen-bond acceptors (Lipinski definition) is 3. The Kier molecular flexibility index (Phi) is 4.97. The van der Waals surface area contributed by atoms with E-state index in [2.05, 4.69) is 4.90 Å². The van der Waals surface area contributed by atoms with Gasteiger partial charge >= 0.3 is 0 Å². The molecule has 1 aromatic carbocycles.